The van der Waals surface area contributed by atoms with Crippen LogP contribution in [-0.2, 0) is 19.1 Å². The van der Waals surface area contributed by atoms with E-state index in [1.807, 2.05) is 0 Å². The van der Waals surface area contributed by atoms with Crippen molar-refractivity contribution in [1.29, 1.82) is 0 Å². The molecule has 0 amide bonds. The van der Waals surface area contributed by atoms with Crippen molar-refractivity contribution in [1.82, 2.24) is 0 Å². The number of hydrogen-bond donors (Lipinski definition) is 0. The molecule has 0 radical (unpaired) electrons. The molecule has 96 valence electrons. The summed E-state index contributed by atoms with van der Waals surface area (Å²) in [6.45, 7) is 5.03. The summed E-state index contributed by atoms with van der Waals surface area (Å²) in [7, 11) is 0. The van der Waals surface area contributed by atoms with Crippen molar-refractivity contribution in [3.05, 3.63) is 23.7 Å². The molecular formula is C12H17O5-. The van der Waals surface area contributed by atoms with Crippen molar-refractivity contribution < 1.29 is 24.2 Å². The number of rotatable bonds is 7. The van der Waals surface area contributed by atoms with E-state index in [1.165, 1.54) is 19.1 Å². The maximum absolute atomic E-state index is 11.5. The molecule has 0 fully saturated rings. The van der Waals surface area contributed by atoms with Gasteiger partial charge in [-0.3, -0.25) is 4.79 Å². The minimum Gasteiger partial charge on any atom is -0.613 e. The van der Waals surface area contributed by atoms with Crippen LogP contribution in [0.15, 0.2) is 23.7 Å². The lowest BCUT2D eigenvalue weighted by Crippen LogP contribution is -2.18. The third-order valence-electron chi connectivity index (χ3n) is 1.72. The molecule has 0 rings (SSSR count). The molecule has 0 atom stereocenters. The molecule has 5 nitrogen and oxygen atoms in total. The van der Waals surface area contributed by atoms with Crippen LogP contribution in [0.2, 0.25) is 0 Å². The monoisotopic (exact) mass is 241 g/mol. The fraction of sp³-hybridized carbons (Fsp3) is 0.500. The maximum Gasteiger partial charge on any atom is 0.336 e. The van der Waals surface area contributed by atoms with E-state index in [0.29, 0.717) is 0 Å². The summed E-state index contributed by atoms with van der Waals surface area (Å²) in [4.78, 5) is 22.1. The standard InChI is InChI=1S/C12H18O5/c1-4-16-11(14)10(12(15)17-5-2)8-6-7-9(3)13/h6-7,14H,4-5,8H2,1-3H3/p-1/b7-6+,11-10-. The lowest BCUT2D eigenvalue weighted by atomic mass is 10.2. The second-order valence-corrected chi connectivity index (χ2v) is 3.14. The molecule has 0 saturated heterocycles. The minimum absolute atomic E-state index is 0.0250. The summed E-state index contributed by atoms with van der Waals surface area (Å²) >= 11 is 0. The van der Waals surface area contributed by atoms with Gasteiger partial charge in [0.2, 0.25) is 0 Å². The Bertz CT molecular complexity index is 328. The molecule has 0 aromatic heterocycles. The van der Waals surface area contributed by atoms with E-state index in [2.05, 4.69) is 0 Å². The van der Waals surface area contributed by atoms with Gasteiger partial charge in [0, 0.05) is 0 Å². The number of carbonyl (C=O) groups is 2. The lowest BCUT2D eigenvalue weighted by molar-refractivity contribution is -0.358. The van der Waals surface area contributed by atoms with Crippen LogP contribution in [0.4, 0.5) is 0 Å². The van der Waals surface area contributed by atoms with Crippen LogP contribution in [0, 0.1) is 0 Å². The van der Waals surface area contributed by atoms with E-state index in [9.17, 15) is 14.7 Å². The highest BCUT2D eigenvalue weighted by molar-refractivity contribution is 5.90. The third-order valence-corrected chi connectivity index (χ3v) is 1.72. The first kappa shape index (κ1) is 15.2. The number of carbonyl (C=O) groups excluding carboxylic acids is 2. The molecule has 0 aliphatic heterocycles. The maximum atomic E-state index is 11.5. The van der Waals surface area contributed by atoms with Gasteiger partial charge in [-0.1, -0.05) is 13.0 Å². The van der Waals surface area contributed by atoms with Crippen LogP contribution in [0.1, 0.15) is 27.2 Å². The van der Waals surface area contributed by atoms with Gasteiger partial charge in [-0.25, -0.2) is 4.79 Å². The second kappa shape index (κ2) is 8.38. The minimum atomic E-state index is -0.709. The third kappa shape index (κ3) is 6.40. The fourth-order valence-corrected chi connectivity index (χ4v) is 1.03. The SMILES string of the molecule is CCOC(=O)/C(C/C=C/C(C)=O)=C(/[O-])OCC. The van der Waals surface area contributed by atoms with Crippen molar-refractivity contribution >= 4 is 11.8 Å². The Labute approximate surface area is 101 Å². The molecule has 17 heavy (non-hydrogen) atoms. The molecule has 0 aliphatic rings. The van der Waals surface area contributed by atoms with E-state index in [0.717, 1.165) is 0 Å². The number of esters is 1. The Hall–Kier alpha value is -1.78. The molecule has 0 heterocycles. The van der Waals surface area contributed by atoms with E-state index < -0.39 is 11.9 Å². The van der Waals surface area contributed by atoms with E-state index in [1.54, 1.807) is 13.8 Å². The smallest absolute Gasteiger partial charge is 0.336 e. The van der Waals surface area contributed by atoms with Crippen molar-refractivity contribution in [3.8, 4) is 0 Å². The first-order chi connectivity index (χ1) is 8.02. The van der Waals surface area contributed by atoms with Crippen molar-refractivity contribution in [2.24, 2.45) is 0 Å². The summed E-state index contributed by atoms with van der Waals surface area (Å²) in [6.07, 6.45) is 2.75. The van der Waals surface area contributed by atoms with Crippen molar-refractivity contribution in [3.63, 3.8) is 0 Å². The highest BCUT2D eigenvalue weighted by Crippen LogP contribution is 2.09. The second-order valence-electron chi connectivity index (χ2n) is 3.14. The summed E-state index contributed by atoms with van der Waals surface area (Å²) in [5, 5.41) is 11.5. The van der Waals surface area contributed by atoms with E-state index in [-0.39, 0.29) is 31.0 Å². The molecule has 0 unspecified atom stereocenters. The zero-order valence-electron chi connectivity index (χ0n) is 10.3. The van der Waals surface area contributed by atoms with E-state index >= 15 is 0 Å². The summed E-state index contributed by atoms with van der Waals surface area (Å²) in [6, 6.07) is 0. The predicted octanol–water partition coefficient (Wildman–Crippen LogP) is 0.693. The van der Waals surface area contributed by atoms with Crippen LogP contribution < -0.4 is 5.11 Å². The Morgan fingerprint density at radius 2 is 1.76 bits per heavy atom. The predicted molar refractivity (Wildman–Crippen MR) is 59.7 cm³/mol. The zero-order chi connectivity index (χ0) is 13.3. The topological polar surface area (TPSA) is 75.7 Å². The molecule has 0 spiro atoms. The molecule has 0 N–H and O–H groups in total. The average Bonchev–Trinajstić information content (AvgIpc) is 2.24. The van der Waals surface area contributed by atoms with Gasteiger partial charge in [-0.15, -0.1) is 0 Å². The number of hydrogen-bond acceptors (Lipinski definition) is 5. The van der Waals surface area contributed by atoms with Gasteiger partial charge < -0.3 is 14.6 Å². The Morgan fingerprint density at radius 1 is 1.18 bits per heavy atom. The first-order valence-electron chi connectivity index (χ1n) is 5.40. The van der Waals surface area contributed by atoms with Gasteiger partial charge in [0.1, 0.15) is 0 Å². The van der Waals surface area contributed by atoms with Crippen molar-refractivity contribution in [2.75, 3.05) is 13.2 Å². The quantitative estimate of drug-likeness (QED) is 0.372. The average molecular weight is 241 g/mol. The highest BCUT2D eigenvalue weighted by Gasteiger charge is 2.11. The molecule has 0 saturated carbocycles. The Balaban J connectivity index is 4.79. The van der Waals surface area contributed by atoms with Gasteiger partial charge in [0.05, 0.1) is 18.1 Å². The Morgan fingerprint density at radius 3 is 2.24 bits per heavy atom. The fourth-order valence-electron chi connectivity index (χ4n) is 1.03. The van der Waals surface area contributed by atoms with Gasteiger partial charge in [0.15, 0.2) is 5.78 Å². The van der Waals surface area contributed by atoms with Crippen LogP contribution in [0.3, 0.4) is 0 Å². The molecular weight excluding hydrogens is 224 g/mol. The molecule has 0 aromatic carbocycles. The summed E-state index contributed by atoms with van der Waals surface area (Å²) < 4.78 is 9.47. The normalized spacial score (nSPS) is 12.2. The zero-order valence-corrected chi connectivity index (χ0v) is 10.3. The summed E-state index contributed by atoms with van der Waals surface area (Å²) in [5.74, 6) is -1.57. The number of ether oxygens (including phenoxy) is 2. The molecule has 5 heteroatoms. The highest BCUT2D eigenvalue weighted by atomic mass is 16.6. The molecule has 0 bridgehead atoms. The Kier molecular flexibility index (Phi) is 7.50. The van der Waals surface area contributed by atoms with Crippen LogP contribution >= 0.6 is 0 Å². The van der Waals surface area contributed by atoms with Gasteiger partial charge >= 0.3 is 5.97 Å². The van der Waals surface area contributed by atoms with Gasteiger partial charge in [-0.05, 0) is 33.0 Å². The summed E-state index contributed by atoms with van der Waals surface area (Å²) in [5.41, 5.74) is -0.105. The first-order valence-corrected chi connectivity index (χ1v) is 5.40. The van der Waals surface area contributed by atoms with Gasteiger partial charge in [-0.2, -0.15) is 0 Å². The number of allylic oxidation sites excluding steroid dienone is 2. The van der Waals surface area contributed by atoms with Crippen LogP contribution in [0.5, 0.6) is 0 Å². The van der Waals surface area contributed by atoms with E-state index in [4.69, 9.17) is 9.47 Å². The molecule has 0 aromatic rings. The van der Waals surface area contributed by atoms with Gasteiger partial charge in [0.25, 0.3) is 0 Å². The lowest BCUT2D eigenvalue weighted by Gasteiger charge is -2.17. The van der Waals surface area contributed by atoms with Crippen molar-refractivity contribution in [2.45, 2.75) is 27.2 Å². The van der Waals surface area contributed by atoms with Crippen LogP contribution in [-0.4, -0.2) is 25.0 Å². The van der Waals surface area contributed by atoms with Crippen LogP contribution in [0.25, 0.3) is 0 Å². The number of ketones is 1. The molecule has 0 aliphatic carbocycles. The largest absolute Gasteiger partial charge is 0.613 e.